The number of aryl methyl sites for hydroxylation is 1. The van der Waals surface area contributed by atoms with Gasteiger partial charge in [-0.15, -0.1) is 0 Å². The Balaban J connectivity index is 1.73. The Kier molecular flexibility index (Phi) is 4.06. The number of hydrogen-bond donors (Lipinski definition) is 0. The molecule has 112 valence electrons. The molecule has 0 spiro atoms. The smallest absolute Gasteiger partial charge is 0.223 e. The van der Waals surface area contributed by atoms with Crippen LogP contribution in [0.4, 0.5) is 5.95 Å². The van der Waals surface area contributed by atoms with Crippen LogP contribution in [0, 0.1) is 0 Å². The first-order valence-electron chi connectivity index (χ1n) is 7.12. The van der Waals surface area contributed by atoms with Gasteiger partial charge >= 0.3 is 0 Å². The average molecular weight is 288 g/mol. The topological polar surface area (TPSA) is 52.4 Å². The van der Waals surface area contributed by atoms with Crippen molar-refractivity contribution in [1.29, 1.82) is 0 Å². The van der Waals surface area contributed by atoms with Crippen molar-refractivity contribution in [1.82, 2.24) is 14.8 Å². The molecule has 1 saturated heterocycles. The molecule has 0 saturated carbocycles. The number of ether oxygens (including phenoxy) is 2. The van der Waals surface area contributed by atoms with Gasteiger partial charge in [0.1, 0.15) is 5.75 Å². The highest BCUT2D eigenvalue weighted by atomic mass is 16.5. The van der Waals surface area contributed by atoms with E-state index in [1.807, 2.05) is 36.0 Å². The van der Waals surface area contributed by atoms with E-state index < -0.39 is 0 Å². The Morgan fingerprint density at radius 3 is 2.57 bits per heavy atom. The van der Waals surface area contributed by atoms with Gasteiger partial charge in [0.25, 0.3) is 0 Å². The van der Waals surface area contributed by atoms with E-state index in [1.165, 1.54) is 5.56 Å². The van der Waals surface area contributed by atoms with Crippen molar-refractivity contribution in [3.63, 3.8) is 0 Å². The van der Waals surface area contributed by atoms with E-state index in [9.17, 15) is 0 Å². The molecular formula is C15H20N4O2. The van der Waals surface area contributed by atoms with Crippen LogP contribution in [0.5, 0.6) is 5.75 Å². The molecule has 0 radical (unpaired) electrons. The second kappa shape index (κ2) is 6.13. The Labute approximate surface area is 124 Å². The van der Waals surface area contributed by atoms with E-state index in [0.29, 0.717) is 0 Å². The molecule has 0 N–H and O–H groups in total. The normalized spacial score (nSPS) is 15.2. The molecular weight excluding hydrogens is 268 g/mol. The molecule has 3 rings (SSSR count). The highest BCUT2D eigenvalue weighted by Crippen LogP contribution is 2.16. The number of nitrogens with zero attached hydrogens (tertiary/aromatic N) is 4. The van der Waals surface area contributed by atoms with Crippen molar-refractivity contribution in [2.75, 3.05) is 38.3 Å². The quantitative estimate of drug-likeness (QED) is 0.847. The number of hydrogen-bond acceptors (Lipinski definition) is 5. The van der Waals surface area contributed by atoms with Crippen LogP contribution in [-0.2, 0) is 18.2 Å². The molecule has 6 nitrogen and oxygen atoms in total. The molecule has 0 aliphatic carbocycles. The minimum atomic E-state index is 0.724. The highest BCUT2D eigenvalue weighted by Gasteiger charge is 2.17. The summed E-state index contributed by atoms with van der Waals surface area (Å²) in [5.74, 6) is 2.62. The van der Waals surface area contributed by atoms with Crippen LogP contribution in [0.3, 0.4) is 0 Å². The average Bonchev–Trinajstić information content (AvgIpc) is 2.89. The molecule has 0 bridgehead atoms. The van der Waals surface area contributed by atoms with Crippen molar-refractivity contribution >= 4 is 5.95 Å². The van der Waals surface area contributed by atoms with E-state index in [2.05, 4.69) is 15.0 Å². The van der Waals surface area contributed by atoms with Gasteiger partial charge in [0.15, 0.2) is 5.82 Å². The van der Waals surface area contributed by atoms with Crippen LogP contribution in [0.2, 0.25) is 0 Å². The van der Waals surface area contributed by atoms with Crippen molar-refractivity contribution in [2.45, 2.75) is 6.42 Å². The van der Waals surface area contributed by atoms with E-state index >= 15 is 0 Å². The molecule has 1 fully saturated rings. The first-order valence-corrected chi connectivity index (χ1v) is 7.12. The Morgan fingerprint density at radius 2 is 1.90 bits per heavy atom. The van der Waals surface area contributed by atoms with Gasteiger partial charge in [0, 0.05) is 26.6 Å². The molecule has 1 aromatic carbocycles. The largest absolute Gasteiger partial charge is 0.497 e. The summed E-state index contributed by atoms with van der Waals surface area (Å²) in [4.78, 5) is 6.88. The molecule has 2 aromatic rings. The first-order chi connectivity index (χ1) is 10.3. The lowest BCUT2D eigenvalue weighted by atomic mass is 10.1. The van der Waals surface area contributed by atoms with E-state index in [0.717, 1.165) is 50.2 Å². The number of methoxy groups -OCH3 is 1. The third-order valence-electron chi connectivity index (χ3n) is 3.60. The standard InChI is InChI=1S/C15H20N4O2/c1-18-15(19-7-9-21-10-8-19)16-14(17-18)11-12-3-5-13(20-2)6-4-12/h3-6H,7-11H2,1-2H3. The van der Waals surface area contributed by atoms with Gasteiger partial charge in [-0.1, -0.05) is 12.1 Å². The molecule has 6 heteroatoms. The zero-order chi connectivity index (χ0) is 14.7. The number of morpholine rings is 1. The van der Waals surface area contributed by atoms with E-state index in [1.54, 1.807) is 7.11 Å². The molecule has 2 heterocycles. The van der Waals surface area contributed by atoms with E-state index in [4.69, 9.17) is 9.47 Å². The number of anilines is 1. The lowest BCUT2D eigenvalue weighted by Crippen LogP contribution is -2.37. The van der Waals surface area contributed by atoms with Crippen LogP contribution >= 0.6 is 0 Å². The summed E-state index contributed by atoms with van der Waals surface area (Å²) < 4.78 is 12.4. The molecule has 1 aliphatic rings. The van der Waals surface area contributed by atoms with Crippen molar-refractivity contribution in [2.24, 2.45) is 7.05 Å². The maximum Gasteiger partial charge on any atom is 0.223 e. The fraction of sp³-hybridized carbons (Fsp3) is 0.467. The minimum absolute atomic E-state index is 0.724. The summed E-state index contributed by atoms with van der Waals surface area (Å²) in [6.07, 6.45) is 0.724. The monoisotopic (exact) mass is 288 g/mol. The third-order valence-corrected chi connectivity index (χ3v) is 3.60. The van der Waals surface area contributed by atoms with Crippen molar-refractivity contribution in [3.8, 4) is 5.75 Å². The summed E-state index contributed by atoms with van der Waals surface area (Å²) in [7, 11) is 3.61. The predicted molar refractivity (Wildman–Crippen MR) is 79.8 cm³/mol. The maximum absolute atomic E-state index is 5.37. The number of benzene rings is 1. The summed E-state index contributed by atoms with van der Waals surface area (Å²) >= 11 is 0. The summed E-state index contributed by atoms with van der Waals surface area (Å²) in [5, 5.41) is 4.52. The van der Waals surface area contributed by atoms with Crippen LogP contribution in [-0.4, -0.2) is 48.2 Å². The zero-order valence-corrected chi connectivity index (χ0v) is 12.5. The van der Waals surface area contributed by atoms with Crippen LogP contribution in [0.1, 0.15) is 11.4 Å². The number of rotatable bonds is 4. The van der Waals surface area contributed by atoms with Crippen molar-refractivity contribution in [3.05, 3.63) is 35.7 Å². The predicted octanol–water partition coefficient (Wildman–Crippen LogP) is 1.25. The lowest BCUT2D eigenvalue weighted by molar-refractivity contribution is 0.121. The fourth-order valence-electron chi connectivity index (χ4n) is 2.47. The Morgan fingerprint density at radius 1 is 1.19 bits per heavy atom. The molecule has 1 aromatic heterocycles. The Hall–Kier alpha value is -2.08. The lowest BCUT2D eigenvalue weighted by Gasteiger charge is -2.26. The maximum atomic E-state index is 5.37. The third kappa shape index (κ3) is 3.16. The van der Waals surface area contributed by atoms with Crippen LogP contribution < -0.4 is 9.64 Å². The zero-order valence-electron chi connectivity index (χ0n) is 12.5. The van der Waals surface area contributed by atoms with Crippen molar-refractivity contribution < 1.29 is 9.47 Å². The van der Waals surface area contributed by atoms with Gasteiger partial charge in [0.2, 0.25) is 5.95 Å². The van der Waals surface area contributed by atoms with Gasteiger partial charge in [-0.25, -0.2) is 4.68 Å². The molecule has 0 amide bonds. The van der Waals surface area contributed by atoms with Gasteiger partial charge in [-0.2, -0.15) is 10.1 Å². The minimum Gasteiger partial charge on any atom is -0.497 e. The van der Waals surface area contributed by atoms with Gasteiger partial charge in [-0.3, -0.25) is 0 Å². The van der Waals surface area contributed by atoms with Gasteiger partial charge in [0.05, 0.1) is 20.3 Å². The first kappa shape index (κ1) is 13.9. The molecule has 0 unspecified atom stereocenters. The molecule has 1 aliphatic heterocycles. The van der Waals surface area contributed by atoms with E-state index in [-0.39, 0.29) is 0 Å². The summed E-state index contributed by atoms with van der Waals surface area (Å²) in [6.45, 7) is 3.24. The Bertz CT molecular complexity index is 588. The molecule has 21 heavy (non-hydrogen) atoms. The number of aromatic nitrogens is 3. The van der Waals surface area contributed by atoms with Gasteiger partial charge in [-0.05, 0) is 17.7 Å². The highest BCUT2D eigenvalue weighted by molar-refractivity contribution is 5.33. The second-order valence-corrected chi connectivity index (χ2v) is 5.08. The van der Waals surface area contributed by atoms with Crippen LogP contribution in [0.15, 0.2) is 24.3 Å². The van der Waals surface area contributed by atoms with Crippen LogP contribution in [0.25, 0.3) is 0 Å². The molecule has 0 atom stereocenters. The summed E-state index contributed by atoms with van der Waals surface area (Å²) in [5.41, 5.74) is 1.18. The van der Waals surface area contributed by atoms with Gasteiger partial charge < -0.3 is 14.4 Å². The summed E-state index contributed by atoms with van der Waals surface area (Å²) in [6, 6.07) is 8.01. The SMILES string of the molecule is COc1ccc(Cc2nc(N3CCOCC3)n(C)n2)cc1. The second-order valence-electron chi connectivity index (χ2n) is 5.08. The fourth-order valence-corrected chi connectivity index (χ4v) is 2.47.